The van der Waals surface area contributed by atoms with Gasteiger partial charge in [0.1, 0.15) is 11.3 Å². The van der Waals surface area contributed by atoms with Gasteiger partial charge in [-0.1, -0.05) is 11.3 Å². The van der Waals surface area contributed by atoms with Gasteiger partial charge in [0.15, 0.2) is 0 Å². The lowest BCUT2D eigenvalue weighted by Crippen LogP contribution is -2.50. The van der Waals surface area contributed by atoms with Crippen LogP contribution in [0.2, 0.25) is 0 Å². The Morgan fingerprint density at radius 2 is 1.97 bits per heavy atom. The molecule has 39 heavy (non-hydrogen) atoms. The average Bonchev–Trinajstić information content (AvgIpc) is 3.53. The fourth-order valence-corrected chi connectivity index (χ4v) is 5.92. The lowest BCUT2D eigenvalue weighted by Gasteiger charge is -2.41. The molecule has 10 nitrogen and oxygen atoms in total. The standard InChI is InChI=1S/C29H34N8O2/c1-5-39-27-13-25-24(33-35-34-25)12-23(27)28(38)37-7-6-22(11-19(37)4)36-15-20-14-30-29(32-26(20)16-36)31-21-9-17(2)8-18(3)10-21/h8-10,12-14,19,22H,5-7,11,15-16H2,1-4H3,(H,30,31,32)(H,33,34,35)/t19-,22-/m0/s1. The first-order valence-corrected chi connectivity index (χ1v) is 13.6. The third kappa shape index (κ3) is 5.04. The van der Waals surface area contributed by atoms with Gasteiger partial charge in [-0.05, 0) is 69.9 Å². The monoisotopic (exact) mass is 526 g/mol. The summed E-state index contributed by atoms with van der Waals surface area (Å²) >= 11 is 0. The highest BCUT2D eigenvalue weighted by molar-refractivity contribution is 6.00. The highest BCUT2D eigenvalue weighted by atomic mass is 16.5. The van der Waals surface area contributed by atoms with E-state index in [1.54, 1.807) is 12.1 Å². The van der Waals surface area contributed by atoms with E-state index < -0.39 is 0 Å². The molecule has 0 saturated carbocycles. The molecule has 0 radical (unpaired) electrons. The summed E-state index contributed by atoms with van der Waals surface area (Å²) in [7, 11) is 0. The number of rotatable bonds is 6. The molecule has 1 fully saturated rings. The van der Waals surface area contributed by atoms with Gasteiger partial charge in [-0.3, -0.25) is 14.8 Å². The van der Waals surface area contributed by atoms with Crippen molar-refractivity contribution in [2.24, 2.45) is 0 Å². The summed E-state index contributed by atoms with van der Waals surface area (Å²) in [4.78, 5) is 27.5. The number of benzene rings is 2. The van der Waals surface area contributed by atoms with Crippen molar-refractivity contribution in [2.75, 3.05) is 18.5 Å². The molecule has 2 atom stereocenters. The highest BCUT2D eigenvalue weighted by Crippen LogP contribution is 2.32. The van der Waals surface area contributed by atoms with Crippen molar-refractivity contribution >= 4 is 28.6 Å². The molecule has 2 aliphatic rings. The number of likely N-dealkylation sites (tertiary alicyclic amines) is 1. The van der Waals surface area contributed by atoms with Crippen molar-refractivity contribution in [1.29, 1.82) is 0 Å². The number of piperidine rings is 1. The molecule has 2 aromatic heterocycles. The number of nitrogens with one attached hydrogen (secondary N) is 2. The van der Waals surface area contributed by atoms with Crippen LogP contribution in [0.15, 0.2) is 36.5 Å². The van der Waals surface area contributed by atoms with Crippen LogP contribution in [0.25, 0.3) is 11.0 Å². The lowest BCUT2D eigenvalue weighted by molar-refractivity contribution is 0.0457. The SMILES string of the molecule is CCOc1cc2nn[nH]c2cc1C(=O)N1CC[C@H](N2Cc3cnc(Nc4cc(C)cc(C)c4)nc3C2)C[C@@H]1C. The summed E-state index contributed by atoms with van der Waals surface area (Å²) in [6.45, 7) is 11.0. The van der Waals surface area contributed by atoms with Gasteiger partial charge >= 0.3 is 0 Å². The summed E-state index contributed by atoms with van der Waals surface area (Å²) < 4.78 is 5.80. The highest BCUT2D eigenvalue weighted by Gasteiger charge is 2.36. The molecule has 6 rings (SSSR count). The van der Waals surface area contributed by atoms with Gasteiger partial charge in [0.2, 0.25) is 5.95 Å². The molecule has 4 heterocycles. The van der Waals surface area contributed by atoms with E-state index in [0.29, 0.717) is 42.0 Å². The van der Waals surface area contributed by atoms with Crippen LogP contribution in [0.5, 0.6) is 5.75 Å². The number of hydrogen-bond donors (Lipinski definition) is 2. The van der Waals surface area contributed by atoms with Gasteiger partial charge in [0.05, 0.1) is 23.4 Å². The first-order valence-electron chi connectivity index (χ1n) is 13.6. The minimum absolute atomic E-state index is 0.0152. The Labute approximate surface area is 227 Å². The molecule has 2 aliphatic heterocycles. The van der Waals surface area contributed by atoms with Gasteiger partial charge < -0.3 is 15.0 Å². The minimum atomic E-state index is -0.0152. The van der Waals surface area contributed by atoms with E-state index in [0.717, 1.165) is 42.8 Å². The number of aromatic nitrogens is 5. The molecule has 0 spiro atoms. The van der Waals surface area contributed by atoms with Crippen molar-refractivity contribution in [2.45, 2.75) is 65.7 Å². The molecular weight excluding hydrogens is 492 g/mol. The number of amides is 1. The van der Waals surface area contributed by atoms with E-state index in [9.17, 15) is 4.79 Å². The van der Waals surface area contributed by atoms with Crippen molar-refractivity contribution in [3.8, 4) is 5.75 Å². The zero-order valence-electron chi connectivity index (χ0n) is 22.9. The van der Waals surface area contributed by atoms with E-state index in [1.165, 1.54) is 16.7 Å². The van der Waals surface area contributed by atoms with E-state index >= 15 is 0 Å². The second kappa shape index (κ2) is 10.3. The number of aryl methyl sites for hydroxylation is 2. The molecule has 4 aromatic rings. The van der Waals surface area contributed by atoms with Gasteiger partial charge in [0.25, 0.3) is 5.91 Å². The maximum absolute atomic E-state index is 13.7. The van der Waals surface area contributed by atoms with Crippen LogP contribution in [0.3, 0.4) is 0 Å². The van der Waals surface area contributed by atoms with Crippen LogP contribution in [-0.2, 0) is 13.1 Å². The third-order valence-electron chi connectivity index (χ3n) is 7.74. The Morgan fingerprint density at radius 3 is 2.74 bits per heavy atom. The van der Waals surface area contributed by atoms with E-state index in [4.69, 9.17) is 9.72 Å². The summed E-state index contributed by atoms with van der Waals surface area (Å²) in [6, 6.07) is 10.4. The summed E-state index contributed by atoms with van der Waals surface area (Å²) in [6.07, 6.45) is 3.76. The third-order valence-corrected chi connectivity index (χ3v) is 7.74. The number of ether oxygens (including phenoxy) is 1. The summed E-state index contributed by atoms with van der Waals surface area (Å²) in [5, 5.41) is 14.2. The maximum Gasteiger partial charge on any atom is 0.257 e. The number of nitrogens with zero attached hydrogens (tertiary/aromatic N) is 6. The van der Waals surface area contributed by atoms with E-state index in [2.05, 4.69) is 69.6 Å². The maximum atomic E-state index is 13.7. The smallest absolute Gasteiger partial charge is 0.257 e. The van der Waals surface area contributed by atoms with E-state index in [-0.39, 0.29) is 11.9 Å². The van der Waals surface area contributed by atoms with Crippen LogP contribution >= 0.6 is 0 Å². The number of anilines is 2. The average molecular weight is 527 g/mol. The number of aromatic amines is 1. The first kappa shape index (κ1) is 25.2. The van der Waals surface area contributed by atoms with Crippen LogP contribution in [0.1, 0.15) is 59.4 Å². The Balaban J connectivity index is 1.12. The number of hydrogen-bond acceptors (Lipinski definition) is 8. The molecule has 1 amide bonds. The molecule has 202 valence electrons. The van der Waals surface area contributed by atoms with Crippen molar-refractivity contribution in [3.63, 3.8) is 0 Å². The van der Waals surface area contributed by atoms with Gasteiger partial charge in [-0.15, -0.1) is 5.10 Å². The molecule has 0 bridgehead atoms. The number of H-pyrrole nitrogens is 1. The quantitative estimate of drug-likeness (QED) is 0.377. The largest absolute Gasteiger partial charge is 0.493 e. The number of carbonyl (C=O) groups excluding carboxylic acids is 1. The van der Waals surface area contributed by atoms with Crippen molar-refractivity contribution < 1.29 is 9.53 Å². The summed E-state index contributed by atoms with van der Waals surface area (Å²) in [5.74, 6) is 1.17. The molecule has 2 N–H and O–H groups in total. The van der Waals surface area contributed by atoms with Crippen LogP contribution < -0.4 is 10.1 Å². The van der Waals surface area contributed by atoms with Crippen LogP contribution in [0.4, 0.5) is 11.6 Å². The molecule has 0 aliphatic carbocycles. The predicted octanol–water partition coefficient (Wildman–Crippen LogP) is 4.52. The Morgan fingerprint density at radius 1 is 1.15 bits per heavy atom. The lowest BCUT2D eigenvalue weighted by atomic mass is 9.96. The number of fused-ring (bicyclic) bond motifs is 2. The predicted molar refractivity (Wildman–Crippen MR) is 149 cm³/mol. The van der Waals surface area contributed by atoms with Crippen molar-refractivity contribution in [3.05, 3.63) is 64.5 Å². The second-order valence-electron chi connectivity index (χ2n) is 10.7. The Bertz CT molecular complexity index is 1510. The molecule has 1 saturated heterocycles. The minimum Gasteiger partial charge on any atom is -0.493 e. The normalized spacial score (nSPS) is 19.3. The zero-order chi connectivity index (χ0) is 27.1. The molecule has 0 unspecified atom stereocenters. The molecule has 2 aromatic carbocycles. The van der Waals surface area contributed by atoms with Gasteiger partial charge in [0, 0.05) is 55.2 Å². The van der Waals surface area contributed by atoms with Gasteiger partial charge in [-0.25, -0.2) is 9.97 Å². The number of carbonyl (C=O) groups is 1. The molecule has 10 heteroatoms. The molecular formula is C29H34N8O2. The van der Waals surface area contributed by atoms with Crippen LogP contribution in [0, 0.1) is 13.8 Å². The summed E-state index contributed by atoms with van der Waals surface area (Å²) in [5.41, 5.74) is 7.63. The topological polar surface area (TPSA) is 112 Å². The van der Waals surface area contributed by atoms with Gasteiger partial charge in [-0.2, -0.15) is 0 Å². The zero-order valence-corrected chi connectivity index (χ0v) is 22.9. The van der Waals surface area contributed by atoms with Crippen LogP contribution in [-0.4, -0.2) is 66.3 Å². The van der Waals surface area contributed by atoms with E-state index in [1.807, 2.05) is 18.0 Å². The van der Waals surface area contributed by atoms with Crippen molar-refractivity contribution in [1.82, 2.24) is 35.2 Å². The Hall–Kier alpha value is -4.05. The Kier molecular flexibility index (Phi) is 6.64. The second-order valence-corrected chi connectivity index (χ2v) is 10.7. The fourth-order valence-electron chi connectivity index (χ4n) is 5.92. The fraction of sp³-hybridized carbons (Fsp3) is 0.414. The first-order chi connectivity index (χ1) is 18.9.